The molecule has 146 valence electrons. The number of ether oxygens (including phenoxy) is 1. The van der Waals surface area contributed by atoms with Crippen LogP contribution >= 0.6 is 34.8 Å². The lowest BCUT2D eigenvalue weighted by Gasteiger charge is -2.13. The highest BCUT2D eigenvalue weighted by molar-refractivity contribution is 6.32. The van der Waals surface area contributed by atoms with E-state index in [0.29, 0.717) is 0 Å². The molecule has 0 aliphatic rings. The van der Waals surface area contributed by atoms with Gasteiger partial charge in [0.2, 0.25) is 0 Å². The molecule has 2 heterocycles. The van der Waals surface area contributed by atoms with Crippen molar-refractivity contribution in [2.75, 3.05) is 11.5 Å². The van der Waals surface area contributed by atoms with Crippen molar-refractivity contribution in [2.45, 2.75) is 6.54 Å². The minimum Gasteiger partial charge on any atom is -0.452 e. The number of benzene rings is 1. The number of nitrogen functional groups attached to an aromatic ring is 2. The summed E-state index contributed by atoms with van der Waals surface area (Å²) < 4.78 is 20.3. The largest absolute Gasteiger partial charge is 0.452 e. The third-order valence-corrected chi connectivity index (χ3v) is 4.23. The lowest BCUT2D eigenvalue weighted by Crippen LogP contribution is -2.24. The summed E-state index contributed by atoms with van der Waals surface area (Å²) in [5, 5.41) is 2.55. The van der Waals surface area contributed by atoms with Gasteiger partial charge in [0.05, 0.1) is 5.02 Å². The summed E-state index contributed by atoms with van der Waals surface area (Å²) in [4.78, 5) is 22.2. The van der Waals surface area contributed by atoms with Crippen LogP contribution in [0.3, 0.4) is 0 Å². The third-order valence-electron chi connectivity index (χ3n) is 3.47. The number of rotatable bonds is 5. The summed E-state index contributed by atoms with van der Waals surface area (Å²) in [6, 6.07) is 5.54. The van der Waals surface area contributed by atoms with Crippen molar-refractivity contribution in [3.8, 4) is 11.5 Å². The molecule has 0 unspecified atom stereocenters. The Balaban J connectivity index is 1.80. The Morgan fingerprint density at radius 2 is 1.96 bits per heavy atom. The zero-order valence-electron chi connectivity index (χ0n) is 13.9. The van der Waals surface area contributed by atoms with E-state index in [1.807, 2.05) is 0 Å². The Labute approximate surface area is 173 Å². The van der Waals surface area contributed by atoms with Gasteiger partial charge < -0.3 is 26.5 Å². The van der Waals surface area contributed by atoms with Crippen molar-refractivity contribution in [1.29, 1.82) is 0 Å². The first-order chi connectivity index (χ1) is 13.2. The van der Waals surface area contributed by atoms with Gasteiger partial charge in [0, 0.05) is 24.2 Å². The molecule has 0 aliphatic carbocycles. The summed E-state index contributed by atoms with van der Waals surface area (Å²) in [6.07, 6.45) is 0. The molecule has 1 aromatic carbocycles. The van der Waals surface area contributed by atoms with Gasteiger partial charge in [-0.2, -0.15) is 0 Å². The molecule has 0 radical (unpaired) electrons. The molecule has 0 saturated carbocycles. The fourth-order valence-electron chi connectivity index (χ4n) is 2.25. The number of amides is 1. The number of imidazole rings is 1. The van der Waals surface area contributed by atoms with E-state index in [1.54, 1.807) is 0 Å². The first kappa shape index (κ1) is 20.0. The molecule has 2 aromatic heterocycles. The monoisotopic (exact) mass is 444 g/mol. The Kier molecular flexibility index (Phi) is 5.78. The molecule has 12 heteroatoms. The summed E-state index contributed by atoms with van der Waals surface area (Å²) in [7, 11) is 0. The first-order valence-electron chi connectivity index (χ1n) is 7.61. The highest BCUT2D eigenvalue weighted by atomic mass is 35.5. The molecule has 0 atom stereocenters. The third kappa shape index (κ3) is 4.38. The maximum Gasteiger partial charge on any atom is 0.273 e. The highest BCUT2D eigenvalue weighted by Gasteiger charge is 2.19. The Bertz CT molecular complexity index is 1040. The van der Waals surface area contributed by atoms with Crippen molar-refractivity contribution in [3.63, 3.8) is 0 Å². The number of hydrogen-bond donors (Lipinski definition) is 4. The van der Waals surface area contributed by atoms with Crippen LogP contribution in [-0.4, -0.2) is 20.9 Å². The zero-order chi connectivity index (χ0) is 20.4. The molecule has 0 saturated heterocycles. The molecule has 3 rings (SSSR count). The van der Waals surface area contributed by atoms with Crippen molar-refractivity contribution in [2.24, 2.45) is 0 Å². The van der Waals surface area contributed by atoms with E-state index in [9.17, 15) is 9.18 Å². The molecule has 0 fully saturated rings. The van der Waals surface area contributed by atoms with Crippen molar-refractivity contribution in [1.82, 2.24) is 20.3 Å². The van der Waals surface area contributed by atoms with Crippen molar-refractivity contribution < 1.29 is 13.9 Å². The van der Waals surface area contributed by atoms with Crippen LogP contribution in [0.4, 0.5) is 16.2 Å². The fourth-order valence-corrected chi connectivity index (χ4v) is 2.87. The van der Waals surface area contributed by atoms with Crippen LogP contribution in [0, 0.1) is 5.82 Å². The molecule has 28 heavy (non-hydrogen) atoms. The van der Waals surface area contributed by atoms with Gasteiger partial charge in [0.25, 0.3) is 5.91 Å². The Morgan fingerprint density at radius 1 is 1.21 bits per heavy atom. The maximum absolute atomic E-state index is 14.8. The number of anilines is 2. The van der Waals surface area contributed by atoms with Crippen LogP contribution in [0.1, 0.15) is 16.1 Å². The van der Waals surface area contributed by atoms with E-state index in [4.69, 9.17) is 51.0 Å². The van der Waals surface area contributed by atoms with Crippen LogP contribution < -0.4 is 21.5 Å². The number of nitrogens with two attached hydrogens (primary N) is 2. The van der Waals surface area contributed by atoms with Crippen LogP contribution in [0.25, 0.3) is 0 Å². The summed E-state index contributed by atoms with van der Waals surface area (Å²) in [5.74, 6) is -1.43. The van der Waals surface area contributed by atoms with E-state index in [0.717, 1.165) is 0 Å². The minimum absolute atomic E-state index is 0.0150. The van der Waals surface area contributed by atoms with Crippen LogP contribution in [0.5, 0.6) is 11.5 Å². The number of nitrogens with one attached hydrogen (secondary N) is 2. The SMILES string of the molecule is Nc1cc(Oc2c(Cl)ccc(CNC(=O)c3nc(N)[nH]c3Cl)c2F)cc(Cl)n1. The predicted octanol–water partition coefficient (Wildman–Crippen LogP) is 3.79. The average Bonchev–Trinajstić information content (AvgIpc) is 2.95. The maximum atomic E-state index is 14.8. The number of nitrogens with zero attached hydrogens (tertiary/aromatic N) is 2. The van der Waals surface area contributed by atoms with Gasteiger partial charge in [-0.15, -0.1) is 0 Å². The van der Waals surface area contributed by atoms with Crippen molar-refractivity contribution in [3.05, 3.63) is 56.7 Å². The Hall–Kier alpha value is -2.75. The van der Waals surface area contributed by atoms with E-state index in [1.165, 1.54) is 24.3 Å². The second kappa shape index (κ2) is 8.09. The molecule has 3 aromatic rings. The first-order valence-corrected chi connectivity index (χ1v) is 8.75. The molecule has 8 nitrogen and oxygen atoms in total. The van der Waals surface area contributed by atoms with Gasteiger partial charge in [-0.05, 0) is 6.07 Å². The molecule has 1 amide bonds. The summed E-state index contributed by atoms with van der Waals surface area (Å²) in [6.45, 7) is -0.180. The molecular weight excluding hydrogens is 434 g/mol. The van der Waals surface area contributed by atoms with Crippen LogP contribution in [0.15, 0.2) is 24.3 Å². The smallest absolute Gasteiger partial charge is 0.273 e. The number of pyridine rings is 1. The van der Waals surface area contributed by atoms with Gasteiger partial charge in [0.15, 0.2) is 23.2 Å². The fraction of sp³-hybridized carbons (Fsp3) is 0.0625. The molecule has 6 N–H and O–H groups in total. The summed E-state index contributed by atoms with van der Waals surface area (Å²) >= 11 is 17.7. The summed E-state index contributed by atoms with van der Waals surface area (Å²) in [5.41, 5.74) is 11.0. The van der Waals surface area contributed by atoms with Crippen LogP contribution in [0.2, 0.25) is 15.3 Å². The molecule has 0 spiro atoms. The molecule has 0 aliphatic heterocycles. The quantitative estimate of drug-likeness (QED) is 0.442. The number of H-pyrrole nitrogens is 1. The number of aromatic nitrogens is 3. The van der Waals surface area contributed by atoms with Gasteiger partial charge in [-0.3, -0.25) is 4.79 Å². The zero-order valence-corrected chi connectivity index (χ0v) is 16.2. The number of aromatic amines is 1. The number of carbonyl (C=O) groups excluding carboxylic acids is 1. The molecule has 0 bridgehead atoms. The van der Waals surface area contributed by atoms with Gasteiger partial charge >= 0.3 is 0 Å². The van der Waals surface area contributed by atoms with E-state index >= 15 is 0 Å². The average molecular weight is 446 g/mol. The van der Waals surface area contributed by atoms with Gasteiger partial charge in [0.1, 0.15) is 21.9 Å². The minimum atomic E-state index is -0.771. The number of halogens is 4. The Morgan fingerprint density at radius 3 is 2.61 bits per heavy atom. The lowest BCUT2D eigenvalue weighted by atomic mass is 10.2. The van der Waals surface area contributed by atoms with Crippen molar-refractivity contribution >= 4 is 52.5 Å². The standard InChI is InChI=1S/C16H12Cl3FN6O2/c17-8-2-1-6(5-23-15(27)12-14(19)26-16(22)25-12)11(20)13(8)28-7-3-9(18)24-10(21)4-7/h1-4H,5H2,(H2,21,24)(H,23,27)(H3,22,25,26). The second-order valence-electron chi connectivity index (χ2n) is 5.47. The van der Waals surface area contributed by atoms with Crippen LogP contribution in [-0.2, 0) is 6.54 Å². The second-order valence-corrected chi connectivity index (χ2v) is 6.64. The van der Waals surface area contributed by atoms with Gasteiger partial charge in [-0.1, -0.05) is 40.9 Å². The predicted molar refractivity (Wildman–Crippen MR) is 104 cm³/mol. The number of hydrogen-bond acceptors (Lipinski definition) is 6. The molecular formula is C16H12Cl3FN6O2. The normalized spacial score (nSPS) is 10.7. The topological polar surface area (TPSA) is 132 Å². The van der Waals surface area contributed by atoms with Gasteiger partial charge in [-0.25, -0.2) is 14.4 Å². The number of carbonyl (C=O) groups is 1. The van der Waals surface area contributed by atoms with E-state index in [2.05, 4.69) is 20.3 Å². The van der Waals surface area contributed by atoms with E-state index in [-0.39, 0.29) is 56.4 Å². The highest BCUT2D eigenvalue weighted by Crippen LogP contribution is 2.35. The lowest BCUT2D eigenvalue weighted by molar-refractivity contribution is 0.0946. The van der Waals surface area contributed by atoms with E-state index < -0.39 is 11.7 Å².